The fourth-order valence-electron chi connectivity index (χ4n) is 2.09. The molecule has 1 amide bonds. The molecule has 0 fully saturated rings. The van der Waals surface area contributed by atoms with E-state index in [1.165, 1.54) is 11.0 Å². The highest BCUT2D eigenvalue weighted by atomic mass is 35.5. The van der Waals surface area contributed by atoms with Crippen LogP contribution < -0.4 is 5.73 Å². The summed E-state index contributed by atoms with van der Waals surface area (Å²) in [7, 11) is 1.54. The zero-order chi connectivity index (χ0) is 16.2. The third-order valence-electron chi connectivity index (χ3n) is 3.09. The van der Waals surface area contributed by atoms with Crippen LogP contribution in [0.5, 0.6) is 0 Å². The van der Waals surface area contributed by atoms with Crippen molar-refractivity contribution in [3.8, 4) is 0 Å². The SMILES string of the molecule is CC(C)C[C@H](N)C(=O)N(C)Cc1cccc(C(F)(F)F)c1.Cl. The summed E-state index contributed by atoms with van der Waals surface area (Å²) in [4.78, 5) is 13.4. The van der Waals surface area contributed by atoms with E-state index in [1.54, 1.807) is 13.1 Å². The fourth-order valence-corrected chi connectivity index (χ4v) is 2.09. The molecule has 0 unspecified atom stereocenters. The molecule has 1 atom stereocenters. The second-order valence-corrected chi connectivity index (χ2v) is 5.63. The van der Waals surface area contributed by atoms with Crippen LogP contribution in [0.2, 0.25) is 0 Å². The van der Waals surface area contributed by atoms with Crippen molar-refractivity contribution in [3.63, 3.8) is 0 Å². The molecule has 0 aliphatic heterocycles. The lowest BCUT2D eigenvalue weighted by atomic mass is 10.0. The third-order valence-corrected chi connectivity index (χ3v) is 3.09. The number of alkyl halides is 3. The van der Waals surface area contributed by atoms with Gasteiger partial charge in [-0.05, 0) is 30.0 Å². The van der Waals surface area contributed by atoms with Gasteiger partial charge in [0.15, 0.2) is 0 Å². The molecule has 0 radical (unpaired) electrons. The van der Waals surface area contributed by atoms with Crippen LogP contribution >= 0.6 is 12.4 Å². The summed E-state index contributed by atoms with van der Waals surface area (Å²) in [5.41, 5.74) is 5.51. The molecule has 7 heteroatoms. The van der Waals surface area contributed by atoms with Gasteiger partial charge >= 0.3 is 6.18 Å². The normalized spacial score (nSPS) is 12.7. The highest BCUT2D eigenvalue weighted by Gasteiger charge is 2.30. The summed E-state index contributed by atoms with van der Waals surface area (Å²) in [5, 5.41) is 0. The first-order valence-electron chi connectivity index (χ1n) is 6.78. The Balaban J connectivity index is 0.00000441. The lowest BCUT2D eigenvalue weighted by Crippen LogP contribution is -2.42. The van der Waals surface area contributed by atoms with E-state index < -0.39 is 17.8 Å². The minimum atomic E-state index is -4.38. The van der Waals surface area contributed by atoms with Crippen molar-refractivity contribution in [2.75, 3.05) is 7.05 Å². The quantitative estimate of drug-likeness (QED) is 0.893. The standard InChI is InChI=1S/C15H21F3N2O.ClH/c1-10(2)7-13(19)14(21)20(3)9-11-5-4-6-12(8-11)15(16,17)18;/h4-6,8,10,13H,7,9,19H2,1-3H3;1H/t13-;/m0./s1. The second-order valence-electron chi connectivity index (χ2n) is 5.63. The number of benzene rings is 1. The maximum absolute atomic E-state index is 12.6. The van der Waals surface area contributed by atoms with Gasteiger partial charge in [-0.2, -0.15) is 13.2 Å². The molecule has 0 heterocycles. The lowest BCUT2D eigenvalue weighted by molar-refractivity contribution is -0.137. The number of hydrogen-bond acceptors (Lipinski definition) is 2. The maximum atomic E-state index is 12.6. The van der Waals surface area contributed by atoms with Gasteiger partial charge in [0.25, 0.3) is 0 Å². The predicted molar refractivity (Wildman–Crippen MR) is 82.6 cm³/mol. The number of amides is 1. The lowest BCUT2D eigenvalue weighted by Gasteiger charge is -2.22. The van der Waals surface area contributed by atoms with E-state index in [9.17, 15) is 18.0 Å². The Hall–Kier alpha value is -1.27. The van der Waals surface area contributed by atoms with E-state index in [2.05, 4.69) is 0 Å². The molecule has 0 saturated heterocycles. The minimum Gasteiger partial charge on any atom is -0.340 e. The summed E-state index contributed by atoms with van der Waals surface area (Å²) in [6, 6.07) is 4.34. The molecule has 1 aromatic carbocycles. The average molecular weight is 339 g/mol. The summed E-state index contributed by atoms with van der Waals surface area (Å²) in [5.74, 6) is 0.0204. The van der Waals surface area contributed by atoms with Crippen LogP contribution in [0.4, 0.5) is 13.2 Å². The van der Waals surface area contributed by atoms with Crippen LogP contribution in [0.3, 0.4) is 0 Å². The van der Waals surface area contributed by atoms with Gasteiger partial charge < -0.3 is 10.6 Å². The number of hydrogen-bond donors (Lipinski definition) is 1. The topological polar surface area (TPSA) is 46.3 Å². The van der Waals surface area contributed by atoms with E-state index in [1.807, 2.05) is 13.8 Å². The molecule has 1 aromatic rings. The smallest absolute Gasteiger partial charge is 0.340 e. The molecular formula is C15H22ClF3N2O. The summed E-state index contributed by atoms with van der Waals surface area (Å²) in [6.45, 7) is 4.02. The van der Waals surface area contributed by atoms with Crippen molar-refractivity contribution in [2.45, 2.75) is 39.0 Å². The summed E-state index contributed by atoms with van der Waals surface area (Å²) < 4.78 is 37.9. The van der Waals surface area contributed by atoms with Crippen LogP contribution in [0.25, 0.3) is 0 Å². The van der Waals surface area contributed by atoms with Crippen LogP contribution in [-0.4, -0.2) is 23.9 Å². The number of carbonyl (C=O) groups excluding carboxylic acids is 1. The average Bonchev–Trinajstić information content (AvgIpc) is 2.36. The van der Waals surface area contributed by atoms with Gasteiger partial charge in [-0.1, -0.05) is 26.0 Å². The highest BCUT2D eigenvalue weighted by molar-refractivity contribution is 5.85. The Morgan fingerprint density at radius 2 is 1.91 bits per heavy atom. The third kappa shape index (κ3) is 6.23. The number of halogens is 4. The van der Waals surface area contributed by atoms with Crippen molar-refractivity contribution in [3.05, 3.63) is 35.4 Å². The second kappa shape index (κ2) is 8.39. The molecule has 1 rings (SSSR count). The first-order chi connectivity index (χ1) is 9.61. The predicted octanol–water partition coefficient (Wildman–Crippen LogP) is 3.46. The van der Waals surface area contributed by atoms with Gasteiger partial charge in [0, 0.05) is 13.6 Å². The van der Waals surface area contributed by atoms with Crippen LogP contribution in [0.15, 0.2) is 24.3 Å². The first-order valence-corrected chi connectivity index (χ1v) is 6.78. The Kier molecular flexibility index (Phi) is 7.90. The Bertz CT molecular complexity index is 492. The van der Waals surface area contributed by atoms with E-state index in [0.717, 1.165) is 12.1 Å². The van der Waals surface area contributed by atoms with Crippen molar-refractivity contribution >= 4 is 18.3 Å². The zero-order valence-corrected chi connectivity index (χ0v) is 13.7. The van der Waals surface area contributed by atoms with Crippen molar-refractivity contribution in [1.29, 1.82) is 0 Å². The monoisotopic (exact) mass is 338 g/mol. The molecule has 0 saturated carbocycles. The molecule has 0 spiro atoms. The number of nitrogens with zero attached hydrogens (tertiary/aromatic N) is 1. The van der Waals surface area contributed by atoms with E-state index in [4.69, 9.17) is 5.73 Å². The zero-order valence-electron chi connectivity index (χ0n) is 12.9. The Labute approximate surface area is 135 Å². The number of rotatable bonds is 5. The van der Waals surface area contributed by atoms with Gasteiger partial charge in [0.1, 0.15) is 0 Å². The van der Waals surface area contributed by atoms with Gasteiger partial charge in [0.2, 0.25) is 5.91 Å². The molecule has 0 aliphatic rings. The number of nitrogens with two attached hydrogens (primary N) is 1. The molecule has 3 nitrogen and oxygen atoms in total. The molecule has 0 aliphatic carbocycles. The number of likely N-dealkylation sites (N-methyl/N-ethyl adjacent to an activating group) is 1. The van der Waals surface area contributed by atoms with Crippen molar-refractivity contribution < 1.29 is 18.0 Å². The van der Waals surface area contributed by atoms with Crippen LogP contribution in [0, 0.1) is 5.92 Å². The molecule has 0 bridgehead atoms. The molecule has 0 aromatic heterocycles. The summed E-state index contributed by atoms with van der Waals surface area (Å²) in [6.07, 6.45) is -3.83. The molecule has 22 heavy (non-hydrogen) atoms. The first kappa shape index (κ1) is 20.7. The Morgan fingerprint density at radius 3 is 2.41 bits per heavy atom. The van der Waals surface area contributed by atoms with E-state index >= 15 is 0 Å². The van der Waals surface area contributed by atoms with Crippen LogP contribution in [0.1, 0.15) is 31.4 Å². The molecule has 2 N–H and O–H groups in total. The largest absolute Gasteiger partial charge is 0.416 e. The minimum absolute atomic E-state index is 0. The van der Waals surface area contributed by atoms with E-state index in [-0.39, 0.29) is 30.8 Å². The van der Waals surface area contributed by atoms with Gasteiger partial charge in [-0.25, -0.2) is 0 Å². The van der Waals surface area contributed by atoms with E-state index in [0.29, 0.717) is 12.0 Å². The molecular weight excluding hydrogens is 317 g/mol. The number of carbonyl (C=O) groups is 1. The molecule has 126 valence electrons. The maximum Gasteiger partial charge on any atom is 0.416 e. The summed E-state index contributed by atoms with van der Waals surface area (Å²) >= 11 is 0. The van der Waals surface area contributed by atoms with Crippen molar-refractivity contribution in [2.24, 2.45) is 11.7 Å². The van der Waals surface area contributed by atoms with Gasteiger partial charge in [-0.15, -0.1) is 12.4 Å². The van der Waals surface area contributed by atoms with Crippen LogP contribution in [-0.2, 0) is 17.5 Å². The highest BCUT2D eigenvalue weighted by Crippen LogP contribution is 2.29. The van der Waals surface area contributed by atoms with Gasteiger partial charge in [0.05, 0.1) is 11.6 Å². The van der Waals surface area contributed by atoms with Crippen molar-refractivity contribution in [1.82, 2.24) is 4.90 Å². The van der Waals surface area contributed by atoms with Gasteiger partial charge in [-0.3, -0.25) is 4.79 Å². The fraction of sp³-hybridized carbons (Fsp3) is 0.533. The Morgan fingerprint density at radius 1 is 1.32 bits per heavy atom.